The van der Waals surface area contributed by atoms with Gasteiger partial charge in [-0.05, 0) is 12.5 Å². The van der Waals surface area contributed by atoms with Gasteiger partial charge in [0.05, 0.1) is 12.0 Å². The lowest BCUT2D eigenvalue weighted by molar-refractivity contribution is -0.558. The molecule has 17 heavy (non-hydrogen) atoms. The van der Waals surface area contributed by atoms with E-state index in [9.17, 15) is 0 Å². The zero-order chi connectivity index (χ0) is 12.0. The summed E-state index contributed by atoms with van der Waals surface area (Å²) < 4.78 is 8.38. The van der Waals surface area contributed by atoms with E-state index >= 15 is 0 Å². The SMILES string of the molecule is CCO[C@H]1C[C@H]2c3ccccc3[C@H]1C(C)=[N+]2C. The standard InChI is InChI=1S/C15H20NO/c1-4-17-14-9-13-11-7-5-6-8-12(11)15(14)10(2)16(13)3/h5-8,13-15H,4,9H2,1-3H3/q+1/t13-,14-,15+/m0/s1. The van der Waals surface area contributed by atoms with Crippen molar-refractivity contribution in [1.82, 2.24) is 0 Å². The Hall–Kier alpha value is -1.15. The summed E-state index contributed by atoms with van der Waals surface area (Å²) in [6.07, 6.45) is 1.50. The highest BCUT2D eigenvalue weighted by Crippen LogP contribution is 2.45. The van der Waals surface area contributed by atoms with Crippen LogP contribution in [0.25, 0.3) is 0 Å². The average molecular weight is 230 g/mol. The quantitative estimate of drug-likeness (QED) is 0.712. The number of ether oxygens (including phenoxy) is 1. The van der Waals surface area contributed by atoms with Crippen LogP contribution in [0.15, 0.2) is 24.3 Å². The molecule has 0 fully saturated rings. The lowest BCUT2D eigenvalue weighted by atomic mass is 9.72. The van der Waals surface area contributed by atoms with Gasteiger partial charge >= 0.3 is 0 Å². The summed E-state index contributed by atoms with van der Waals surface area (Å²) in [5.74, 6) is 0.459. The second kappa shape index (κ2) is 3.95. The van der Waals surface area contributed by atoms with Gasteiger partial charge in [0.1, 0.15) is 7.05 Å². The fourth-order valence-corrected chi connectivity index (χ4v) is 3.49. The molecule has 1 aliphatic carbocycles. The first-order chi connectivity index (χ1) is 8.24. The zero-order valence-electron chi connectivity index (χ0n) is 10.8. The third-order valence-corrected chi connectivity index (χ3v) is 4.37. The average Bonchev–Trinajstić information content (AvgIpc) is 2.35. The van der Waals surface area contributed by atoms with Gasteiger partial charge in [0.2, 0.25) is 0 Å². The van der Waals surface area contributed by atoms with E-state index in [-0.39, 0.29) is 0 Å². The van der Waals surface area contributed by atoms with E-state index < -0.39 is 0 Å². The van der Waals surface area contributed by atoms with Crippen molar-refractivity contribution >= 4 is 5.71 Å². The van der Waals surface area contributed by atoms with Crippen LogP contribution in [0, 0.1) is 0 Å². The third kappa shape index (κ3) is 1.47. The smallest absolute Gasteiger partial charge is 0.180 e. The van der Waals surface area contributed by atoms with E-state index in [1.807, 2.05) is 0 Å². The number of benzene rings is 1. The molecule has 0 saturated carbocycles. The van der Waals surface area contributed by atoms with Crippen LogP contribution in [0.4, 0.5) is 0 Å². The molecule has 2 heteroatoms. The van der Waals surface area contributed by atoms with Gasteiger partial charge in [-0.1, -0.05) is 24.3 Å². The predicted molar refractivity (Wildman–Crippen MR) is 68.8 cm³/mol. The molecule has 0 radical (unpaired) electrons. The zero-order valence-corrected chi connectivity index (χ0v) is 10.8. The molecule has 0 spiro atoms. The molecule has 2 aliphatic heterocycles. The number of hydrogen-bond donors (Lipinski definition) is 0. The number of fused-ring (bicyclic) bond motifs is 1. The summed E-state index contributed by atoms with van der Waals surface area (Å²) in [6, 6.07) is 9.36. The molecule has 2 bridgehead atoms. The number of hydrogen-bond acceptors (Lipinski definition) is 1. The normalized spacial score (nSPS) is 30.6. The molecule has 0 N–H and O–H groups in total. The molecule has 2 heterocycles. The van der Waals surface area contributed by atoms with Crippen molar-refractivity contribution in [2.24, 2.45) is 0 Å². The molecule has 1 aromatic rings. The molecule has 4 rings (SSSR count). The minimum atomic E-state index is 0.371. The lowest BCUT2D eigenvalue weighted by Gasteiger charge is -2.40. The first kappa shape index (κ1) is 11.0. The highest BCUT2D eigenvalue weighted by molar-refractivity contribution is 5.87. The van der Waals surface area contributed by atoms with E-state index in [0.29, 0.717) is 18.1 Å². The van der Waals surface area contributed by atoms with Gasteiger partial charge in [0, 0.05) is 25.5 Å². The largest absolute Gasteiger partial charge is 0.377 e. The molecule has 2 nitrogen and oxygen atoms in total. The molecular formula is C15H20NO+. The van der Waals surface area contributed by atoms with Crippen molar-refractivity contribution in [3.63, 3.8) is 0 Å². The number of rotatable bonds is 2. The van der Waals surface area contributed by atoms with Crippen molar-refractivity contribution in [2.75, 3.05) is 13.7 Å². The Morgan fingerprint density at radius 3 is 2.71 bits per heavy atom. The van der Waals surface area contributed by atoms with E-state index in [2.05, 4.69) is 49.7 Å². The fraction of sp³-hybridized carbons (Fsp3) is 0.533. The second-order valence-corrected chi connectivity index (χ2v) is 5.10. The fourth-order valence-electron chi connectivity index (χ4n) is 3.49. The first-order valence-electron chi connectivity index (χ1n) is 6.50. The molecule has 0 saturated heterocycles. The maximum atomic E-state index is 5.94. The van der Waals surface area contributed by atoms with Crippen molar-refractivity contribution in [2.45, 2.75) is 38.3 Å². The summed E-state index contributed by atoms with van der Waals surface area (Å²) in [5, 5.41) is 0. The summed E-state index contributed by atoms with van der Waals surface area (Å²) >= 11 is 0. The maximum Gasteiger partial charge on any atom is 0.180 e. The first-order valence-corrected chi connectivity index (χ1v) is 6.50. The molecule has 0 amide bonds. The Kier molecular flexibility index (Phi) is 2.55. The van der Waals surface area contributed by atoms with Crippen molar-refractivity contribution in [3.05, 3.63) is 35.4 Å². The van der Waals surface area contributed by atoms with Gasteiger partial charge in [-0.3, -0.25) is 0 Å². The lowest BCUT2D eigenvalue weighted by Crippen LogP contribution is -2.45. The number of nitrogens with zero attached hydrogens (tertiary/aromatic N) is 1. The van der Waals surface area contributed by atoms with E-state index in [1.165, 1.54) is 16.8 Å². The maximum absolute atomic E-state index is 5.94. The van der Waals surface area contributed by atoms with Gasteiger partial charge in [0.25, 0.3) is 0 Å². The topological polar surface area (TPSA) is 12.2 Å². The molecular weight excluding hydrogens is 210 g/mol. The minimum absolute atomic E-state index is 0.371. The van der Waals surface area contributed by atoms with Crippen LogP contribution in [0.5, 0.6) is 0 Å². The van der Waals surface area contributed by atoms with E-state index in [4.69, 9.17) is 4.74 Å². The van der Waals surface area contributed by atoms with Crippen molar-refractivity contribution < 1.29 is 9.31 Å². The van der Waals surface area contributed by atoms with Crippen LogP contribution in [0.3, 0.4) is 0 Å². The van der Waals surface area contributed by atoms with Crippen molar-refractivity contribution in [3.8, 4) is 0 Å². The van der Waals surface area contributed by atoms with E-state index in [1.54, 1.807) is 0 Å². The molecule has 1 aromatic carbocycles. The summed E-state index contributed by atoms with van der Waals surface area (Å²) in [7, 11) is 2.21. The van der Waals surface area contributed by atoms with Gasteiger partial charge in [-0.15, -0.1) is 0 Å². The summed E-state index contributed by atoms with van der Waals surface area (Å²) in [6.45, 7) is 5.15. The van der Waals surface area contributed by atoms with Gasteiger partial charge in [0.15, 0.2) is 11.8 Å². The van der Waals surface area contributed by atoms with Crippen LogP contribution in [-0.4, -0.2) is 30.0 Å². The van der Waals surface area contributed by atoms with Gasteiger partial charge in [-0.25, -0.2) is 4.58 Å². The van der Waals surface area contributed by atoms with Crippen LogP contribution in [0.2, 0.25) is 0 Å². The molecule has 90 valence electrons. The molecule has 0 unspecified atom stereocenters. The van der Waals surface area contributed by atoms with Gasteiger partial charge < -0.3 is 4.74 Å². The minimum Gasteiger partial charge on any atom is -0.377 e. The Bertz CT molecular complexity index is 478. The second-order valence-electron chi connectivity index (χ2n) is 5.10. The van der Waals surface area contributed by atoms with Crippen LogP contribution in [-0.2, 0) is 4.74 Å². The van der Waals surface area contributed by atoms with Crippen LogP contribution in [0.1, 0.15) is 43.4 Å². The Balaban J connectivity index is 2.11. The third-order valence-electron chi connectivity index (χ3n) is 4.37. The van der Waals surface area contributed by atoms with Crippen molar-refractivity contribution in [1.29, 1.82) is 0 Å². The monoisotopic (exact) mass is 230 g/mol. The molecule has 3 aliphatic rings. The Morgan fingerprint density at radius 1 is 1.29 bits per heavy atom. The summed E-state index contributed by atoms with van der Waals surface area (Å²) in [4.78, 5) is 0. The molecule has 0 aromatic heterocycles. The highest BCUT2D eigenvalue weighted by Gasteiger charge is 2.48. The Morgan fingerprint density at radius 2 is 2.00 bits per heavy atom. The van der Waals surface area contributed by atoms with Gasteiger partial charge in [-0.2, -0.15) is 0 Å². The Labute approximate surface area is 103 Å². The van der Waals surface area contributed by atoms with Crippen LogP contribution >= 0.6 is 0 Å². The van der Waals surface area contributed by atoms with E-state index in [0.717, 1.165) is 13.0 Å². The molecule has 3 atom stereocenters. The predicted octanol–water partition coefficient (Wildman–Crippen LogP) is 2.74. The van der Waals surface area contributed by atoms with Crippen LogP contribution < -0.4 is 0 Å². The summed E-state index contributed by atoms with van der Waals surface area (Å²) in [5.41, 5.74) is 4.44. The highest BCUT2D eigenvalue weighted by atomic mass is 16.5.